The van der Waals surface area contributed by atoms with E-state index < -0.39 is 5.60 Å². The van der Waals surface area contributed by atoms with Crippen molar-refractivity contribution in [3.63, 3.8) is 0 Å². The molecule has 0 spiro atoms. The first-order chi connectivity index (χ1) is 9.00. The van der Waals surface area contributed by atoms with Crippen molar-refractivity contribution in [2.75, 3.05) is 31.3 Å². The number of nitrogens with one attached hydrogen (secondary N) is 1. The lowest BCUT2D eigenvalue weighted by Gasteiger charge is -2.23. The molecule has 1 saturated carbocycles. The third-order valence-electron chi connectivity index (χ3n) is 3.20. The number of methoxy groups -OCH3 is 1. The highest BCUT2D eigenvalue weighted by atomic mass is 16.5. The molecule has 1 aliphatic carbocycles. The molecule has 0 aromatic carbocycles. The van der Waals surface area contributed by atoms with Gasteiger partial charge in [-0.2, -0.15) is 0 Å². The van der Waals surface area contributed by atoms with Gasteiger partial charge in [0.1, 0.15) is 17.5 Å². The van der Waals surface area contributed by atoms with Gasteiger partial charge >= 0.3 is 0 Å². The topological polar surface area (TPSA) is 93.3 Å². The molecule has 6 nitrogen and oxygen atoms in total. The van der Waals surface area contributed by atoms with E-state index in [9.17, 15) is 5.11 Å². The van der Waals surface area contributed by atoms with Gasteiger partial charge in [-0.3, -0.25) is 0 Å². The van der Waals surface area contributed by atoms with Crippen molar-refractivity contribution in [1.82, 2.24) is 9.97 Å². The summed E-state index contributed by atoms with van der Waals surface area (Å²) in [6.07, 6.45) is 2.83. The molecule has 0 radical (unpaired) electrons. The molecular weight excluding hydrogens is 244 g/mol. The van der Waals surface area contributed by atoms with Gasteiger partial charge in [0.15, 0.2) is 0 Å². The maximum Gasteiger partial charge on any atom is 0.136 e. The van der Waals surface area contributed by atoms with Crippen molar-refractivity contribution in [3.8, 4) is 0 Å². The second-order valence-electron chi connectivity index (χ2n) is 5.40. The third kappa shape index (κ3) is 4.33. The molecule has 0 aliphatic heterocycles. The summed E-state index contributed by atoms with van der Waals surface area (Å²) in [5, 5.41) is 13.3. The number of hydrogen-bond donors (Lipinski definition) is 3. The number of ether oxygens (including phenoxy) is 1. The van der Waals surface area contributed by atoms with Crippen LogP contribution in [0.4, 0.5) is 11.6 Å². The Balaban J connectivity index is 1.95. The van der Waals surface area contributed by atoms with Crippen molar-refractivity contribution >= 4 is 11.6 Å². The highest BCUT2D eigenvalue weighted by Crippen LogP contribution is 2.38. The molecule has 1 fully saturated rings. The molecule has 2 rings (SSSR count). The van der Waals surface area contributed by atoms with Gasteiger partial charge in [0, 0.05) is 38.7 Å². The Morgan fingerprint density at radius 1 is 1.53 bits per heavy atom. The molecule has 6 heteroatoms. The molecule has 1 aromatic heterocycles. The summed E-state index contributed by atoms with van der Waals surface area (Å²) in [5.74, 6) is 2.40. The maximum atomic E-state index is 10.1. The van der Waals surface area contributed by atoms with E-state index in [1.807, 2.05) is 0 Å². The largest absolute Gasteiger partial charge is 0.388 e. The summed E-state index contributed by atoms with van der Waals surface area (Å²) in [6.45, 7) is 2.69. The van der Waals surface area contributed by atoms with Crippen LogP contribution in [-0.4, -0.2) is 40.9 Å². The molecule has 0 bridgehead atoms. The Morgan fingerprint density at radius 2 is 2.26 bits per heavy atom. The zero-order chi connectivity index (χ0) is 13.9. The van der Waals surface area contributed by atoms with Crippen LogP contribution in [0.5, 0.6) is 0 Å². The average Bonchev–Trinajstić information content (AvgIpc) is 3.18. The number of rotatable bonds is 7. The maximum absolute atomic E-state index is 10.1. The Labute approximate surface area is 113 Å². The van der Waals surface area contributed by atoms with E-state index in [0.29, 0.717) is 37.1 Å². The van der Waals surface area contributed by atoms with Gasteiger partial charge in [-0.15, -0.1) is 0 Å². The number of aliphatic hydroxyl groups is 1. The van der Waals surface area contributed by atoms with Gasteiger partial charge in [-0.1, -0.05) is 0 Å². The van der Waals surface area contributed by atoms with Gasteiger partial charge < -0.3 is 20.9 Å². The number of aromatic nitrogens is 2. The fourth-order valence-electron chi connectivity index (χ4n) is 1.79. The summed E-state index contributed by atoms with van der Waals surface area (Å²) < 4.78 is 4.97. The fourth-order valence-corrected chi connectivity index (χ4v) is 1.79. The number of nitrogens with two attached hydrogens (primary N) is 1. The van der Waals surface area contributed by atoms with Crippen LogP contribution in [0.1, 0.15) is 37.9 Å². The number of hydrogen-bond acceptors (Lipinski definition) is 6. The highest BCUT2D eigenvalue weighted by Gasteiger charge is 2.27. The summed E-state index contributed by atoms with van der Waals surface area (Å²) in [7, 11) is 1.62. The van der Waals surface area contributed by atoms with Crippen LogP contribution in [0.2, 0.25) is 0 Å². The Morgan fingerprint density at radius 3 is 2.89 bits per heavy atom. The summed E-state index contributed by atoms with van der Waals surface area (Å²) >= 11 is 0. The first-order valence-corrected chi connectivity index (χ1v) is 6.60. The molecule has 0 saturated heterocycles. The quantitative estimate of drug-likeness (QED) is 0.685. The fraction of sp³-hybridized carbons (Fsp3) is 0.692. The molecular formula is C13H22N4O2. The second kappa shape index (κ2) is 5.71. The smallest absolute Gasteiger partial charge is 0.136 e. The molecule has 19 heavy (non-hydrogen) atoms. The summed E-state index contributed by atoms with van der Waals surface area (Å²) in [4.78, 5) is 8.67. The van der Waals surface area contributed by atoms with E-state index in [2.05, 4.69) is 15.3 Å². The lowest BCUT2D eigenvalue weighted by atomic mass is 10.0. The molecule has 4 N–H and O–H groups in total. The summed E-state index contributed by atoms with van der Waals surface area (Å²) in [5.41, 5.74) is 4.93. The normalized spacial score (nSPS) is 18.1. The zero-order valence-electron chi connectivity index (χ0n) is 11.5. The van der Waals surface area contributed by atoms with Crippen LogP contribution >= 0.6 is 0 Å². The van der Waals surface area contributed by atoms with Gasteiger partial charge in [0.25, 0.3) is 0 Å². The molecule has 1 unspecified atom stereocenters. The Kier molecular flexibility index (Phi) is 4.21. The minimum Gasteiger partial charge on any atom is -0.388 e. The number of anilines is 2. The van der Waals surface area contributed by atoms with E-state index in [0.717, 1.165) is 18.7 Å². The lowest BCUT2D eigenvalue weighted by Crippen LogP contribution is -2.35. The van der Waals surface area contributed by atoms with E-state index in [4.69, 9.17) is 10.5 Å². The van der Waals surface area contributed by atoms with Gasteiger partial charge in [-0.25, -0.2) is 9.97 Å². The Bertz CT molecular complexity index is 433. The van der Waals surface area contributed by atoms with Crippen LogP contribution in [0.15, 0.2) is 6.07 Å². The standard InChI is InChI=1S/C13H22N4O2/c1-13(18,5-6-19-2)8-15-11-7-10(14)16-12(17-11)9-3-4-9/h7,9,18H,3-6,8H2,1-2H3,(H3,14,15,16,17). The highest BCUT2D eigenvalue weighted by molar-refractivity contribution is 5.45. The monoisotopic (exact) mass is 266 g/mol. The number of nitrogens with zero attached hydrogens (tertiary/aromatic N) is 2. The van der Waals surface area contributed by atoms with E-state index >= 15 is 0 Å². The zero-order valence-corrected chi connectivity index (χ0v) is 11.5. The first kappa shape index (κ1) is 14.0. The van der Waals surface area contributed by atoms with Crippen LogP contribution in [0, 0.1) is 0 Å². The van der Waals surface area contributed by atoms with Gasteiger partial charge in [0.2, 0.25) is 0 Å². The van der Waals surface area contributed by atoms with E-state index in [1.54, 1.807) is 20.1 Å². The van der Waals surface area contributed by atoms with Crippen LogP contribution in [0.25, 0.3) is 0 Å². The third-order valence-corrected chi connectivity index (χ3v) is 3.20. The Hall–Kier alpha value is -1.40. The molecule has 106 valence electrons. The van der Waals surface area contributed by atoms with Gasteiger partial charge in [0.05, 0.1) is 5.60 Å². The minimum atomic E-state index is -0.838. The molecule has 1 aliphatic rings. The molecule has 1 heterocycles. The van der Waals surface area contributed by atoms with Crippen molar-refractivity contribution < 1.29 is 9.84 Å². The molecule has 0 amide bonds. The van der Waals surface area contributed by atoms with Crippen LogP contribution < -0.4 is 11.1 Å². The average molecular weight is 266 g/mol. The lowest BCUT2D eigenvalue weighted by molar-refractivity contribution is 0.0357. The van der Waals surface area contributed by atoms with Gasteiger partial charge in [-0.05, 0) is 19.8 Å². The second-order valence-corrected chi connectivity index (χ2v) is 5.40. The van der Waals surface area contributed by atoms with Crippen LogP contribution in [0.3, 0.4) is 0 Å². The van der Waals surface area contributed by atoms with E-state index in [-0.39, 0.29) is 0 Å². The van der Waals surface area contributed by atoms with Crippen molar-refractivity contribution in [2.45, 2.75) is 37.7 Å². The SMILES string of the molecule is COCCC(C)(O)CNc1cc(N)nc(C2CC2)n1. The van der Waals surface area contributed by atoms with Crippen LogP contribution in [-0.2, 0) is 4.74 Å². The van der Waals surface area contributed by atoms with Crippen molar-refractivity contribution in [2.24, 2.45) is 0 Å². The van der Waals surface area contributed by atoms with E-state index in [1.165, 1.54) is 0 Å². The number of nitrogen functional groups attached to an aromatic ring is 1. The first-order valence-electron chi connectivity index (χ1n) is 6.60. The minimum absolute atomic E-state index is 0.400. The van der Waals surface area contributed by atoms with Crippen molar-refractivity contribution in [1.29, 1.82) is 0 Å². The summed E-state index contributed by atoms with van der Waals surface area (Å²) in [6, 6.07) is 1.69. The predicted molar refractivity (Wildman–Crippen MR) is 74.0 cm³/mol. The molecule has 1 aromatic rings. The molecule has 1 atom stereocenters. The predicted octanol–water partition coefficient (Wildman–Crippen LogP) is 1.14. The van der Waals surface area contributed by atoms with Crippen molar-refractivity contribution in [3.05, 3.63) is 11.9 Å².